The van der Waals surface area contributed by atoms with Gasteiger partial charge >= 0.3 is 0 Å². The molecule has 2 aromatic carbocycles. The number of hydrogen-bond donors (Lipinski definition) is 0. The van der Waals surface area contributed by atoms with Gasteiger partial charge in [-0.25, -0.2) is 0 Å². The molecule has 3 nitrogen and oxygen atoms in total. The minimum Gasteiger partial charge on any atom is -0.343 e. The molecule has 2 heterocycles. The smallest absolute Gasteiger partial charge is 0.227 e. The van der Waals surface area contributed by atoms with Crippen LogP contribution in [0.1, 0.15) is 30.9 Å². The van der Waals surface area contributed by atoms with Crippen LogP contribution in [0, 0.1) is 5.92 Å². The quantitative estimate of drug-likeness (QED) is 0.614. The average Bonchev–Trinajstić information content (AvgIpc) is 3.01. The first-order valence-corrected chi connectivity index (χ1v) is 10.1. The van der Waals surface area contributed by atoms with Crippen molar-refractivity contribution in [1.82, 2.24) is 9.47 Å². The molecule has 4 rings (SSSR count). The Morgan fingerprint density at radius 3 is 2.70 bits per heavy atom. The molecule has 1 atom stereocenters. The van der Waals surface area contributed by atoms with Crippen LogP contribution in [0.2, 0.25) is 5.02 Å². The zero-order valence-electron chi connectivity index (χ0n) is 15.7. The fraction of sp³-hybridized carbons (Fsp3) is 0.348. The van der Waals surface area contributed by atoms with E-state index < -0.39 is 0 Å². The van der Waals surface area contributed by atoms with Gasteiger partial charge in [0.1, 0.15) is 0 Å². The van der Waals surface area contributed by atoms with Crippen LogP contribution in [-0.4, -0.2) is 28.5 Å². The van der Waals surface area contributed by atoms with Crippen molar-refractivity contribution in [2.45, 2.75) is 32.7 Å². The second-order valence-electron chi connectivity index (χ2n) is 7.69. The van der Waals surface area contributed by atoms with Gasteiger partial charge in [0.05, 0.1) is 6.42 Å². The molecule has 0 bridgehead atoms. The van der Waals surface area contributed by atoms with Crippen LogP contribution in [0.5, 0.6) is 0 Å². The van der Waals surface area contributed by atoms with E-state index in [-0.39, 0.29) is 5.91 Å². The summed E-state index contributed by atoms with van der Waals surface area (Å²) in [7, 11) is 0. The fourth-order valence-electron chi connectivity index (χ4n) is 4.07. The predicted octanol–water partition coefficient (Wildman–Crippen LogP) is 5.14. The summed E-state index contributed by atoms with van der Waals surface area (Å²) < 4.78 is 2.24. The van der Waals surface area contributed by atoms with Gasteiger partial charge in [0, 0.05) is 41.8 Å². The van der Waals surface area contributed by atoms with Crippen molar-refractivity contribution in [2.24, 2.45) is 5.92 Å². The van der Waals surface area contributed by atoms with Crippen molar-refractivity contribution in [3.05, 3.63) is 70.9 Å². The lowest BCUT2D eigenvalue weighted by Crippen LogP contribution is -2.39. The van der Waals surface area contributed by atoms with Crippen LogP contribution < -0.4 is 0 Å². The van der Waals surface area contributed by atoms with Crippen LogP contribution in [0.15, 0.2) is 54.7 Å². The first-order chi connectivity index (χ1) is 13.1. The van der Waals surface area contributed by atoms with Gasteiger partial charge in [0.2, 0.25) is 5.91 Å². The van der Waals surface area contributed by atoms with E-state index in [0.29, 0.717) is 12.3 Å². The first-order valence-electron chi connectivity index (χ1n) is 9.69. The Morgan fingerprint density at radius 2 is 1.93 bits per heavy atom. The zero-order valence-corrected chi connectivity index (χ0v) is 16.5. The van der Waals surface area contributed by atoms with Gasteiger partial charge in [0.15, 0.2) is 0 Å². The van der Waals surface area contributed by atoms with Crippen molar-refractivity contribution >= 4 is 28.4 Å². The van der Waals surface area contributed by atoms with Gasteiger partial charge in [-0.2, -0.15) is 0 Å². The number of likely N-dealkylation sites (tertiary alicyclic amines) is 1. The Hall–Kier alpha value is -2.26. The van der Waals surface area contributed by atoms with Gasteiger partial charge in [-0.3, -0.25) is 4.79 Å². The molecule has 1 aromatic heterocycles. The van der Waals surface area contributed by atoms with E-state index >= 15 is 0 Å². The number of hydrogen-bond acceptors (Lipinski definition) is 1. The third-order valence-corrected chi connectivity index (χ3v) is 5.74. The van der Waals surface area contributed by atoms with Crippen LogP contribution in [0.3, 0.4) is 0 Å². The molecule has 1 unspecified atom stereocenters. The summed E-state index contributed by atoms with van der Waals surface area (Å²) >= 11 is 6.01. The Balaban J connectivity index is 1.59. The highest BCUT2D eigenvalue weighted by Gasteiger charge is 2.22. The van der Waals surface area contributed by atoms with E-state index in [2.05, 4.69) is 48.0 Å². The minimum absolute atomic E-state index is 0.246. The second-order valence-corrected chi connectivity index (χ2v) is 8.13. The number of aromatic nitrogens is 1. The molecule has 0 spiro atoms. The molecular weight excluding hydrogens is 356 g/mol. The lowest BCUT2D eigenvalue weighted by molar-refractivity contribution is -0.132. The van der Waals surface area contributed by atoms with E-state index in [9.17, 15) is 4.79 Å². The number of halogens is 1. The Kier molecular flexibility index (Phi) is 5.22. The molecule has 27 heavy (non-hydrogen) atoms. The number of amides is 1. The number of carbonyl (C=O) groups excluding carboxylic acids is 1. The molecule has 1 aliphatic rings. The molecule has 0 radical (unpaired) electrons. The summed E-state index contributed by atoms with van der Waals surface area (Å²) in [5, 5.41) is 1.92. The number of fused-ring (bicyclic) bond motifs is 1. The van der Waals surface area contributed by atoms with E-state index in [1.165, 1.54) is 22.9 Å². The number of nitrogens with zero attached hydrogens (tertiary/aromatic N) is 2. The van der Waals surface area contributed by atoms with Gasteiger partial charge in [-0.05, 0) is 48.1 Å². The monoisotopic (exact) mass is 380 g/mol. The second kappa shape index (κ2) is 7.77. The van der Waals surface area contributed by atoms with Crippen LogP contribution in [-0.2, 0) is 17.8 Å². The summed E-state index contributed by atoms with van der Waals surface area (Å²) in [6.45, 7) is 4.79. The highest BCUT2D eigenvalue weighted by molar-refractivity contribution is 6.30. The van der Waals surface area contributed by atoms with E-state index in [1.54, 1.807) is 0 Å². The van der Waals surface area contributed by atoms with E-state index in [0.717, 1.165) is 36.6 Å². The first kappa shape index (κ1) is 18.1. The summed E-state index contributed by atoms with van der Waals surface area (Å²) in [4.78, 5) is 14.9. The summed E-state index contributed by atoms with van der Waals surface area (Å²) in [5.74, 6) is 0.852. The van der Waals surface area contributed by atoms with E-state index in [4.69, 9.17) is 11.6 Å². The standard InChI is InChI=1S/C23H25ClN2O/c1-17-5-4-12-25(14-17)23(27)13-19-16-26(22-7-3-2-6-21(19)22)15-18-8-10-20(24)11-9-18/h2-3,6-11,16-17H,4-5,12-15H2,1H3. The Morgan fingerprint density at radius 1 is 1.15 bits per heavy atom. The third kappa shape index (κ3) is 4.03. The van der Waals surface area contributed by atoms with Crippen LogP contribution >= 0.6 is 11.6 Å². The molecule has 1 aliphatic heterocycles. The minimum atomic E-state index is 0.246. The molecule has 4 heteroatoms. The molecule has 140 valence electrons. The lowest BCUT2D eigenvalue weighted by Gasteiger charge is -2.31. The van der Waals surface area contributed by atoms with Crippen LogP contribution in [0.25, 0.3) is 10.9 Å². The number of benzene rings is 2. The van der Waals surface area contributed by atoms with E-state index in [1.807, 2.05) is 23.1 Å². The van der Waals surface area contributed by atoms with Crippen molar-refractivity contribution < 1.29 is 4.79 Å². The van der Waals surface area contributed by atoms with Crippen molar-refractivity contribution in [2.75, 3.05) is 13.1 Å². The zero-order chi connectivity index (χ0) is 18.8. The molecule has 0 N–H and O–H groups in total. The Bertz CT molecular complexity index is 945. The van der Waals surface area contributed by atoms with Crippen molar-refractivity contribution in [3.63, 3.8) is 0 Å². The summed E-state index contributed by atoms with van der Waals surface area (Å²) in [5.41, 5.74) is 3.48. The highest BCUT2D eigenvalue weighted by Crippen LogP contribution is 2.25. The average molecular weight is 381 g/mol. The number of rotatable bonds is 4. The maximum Gasteiger partial charge on any atom is 0.227 e. The molecule has 3 aromatic rings. The molecular formula is C23H25ClN2O. The van der Waals surface area contributed by atoms with Crippen LogP contribution in [0.4, 0.5) is 0 Å². The topological polar surface area (TPSA) is 25.2 Å². The SMILES string of the molecule is CC1CCCN(C(=O)Cc2cn(Cc3ccc(Cl)cc3)c3ccccc23)C1. The molecule has 1 saturated heterocycles. The third-order valence-electron chi connectivity index (χ3n) is 5.49. The van der Waals surface area contributed by atoms with Gasteiger partial charge < -0.3 is 9.47 Å². The Labute approximate surface area is 165 Å². The number of piperidine rings is 1. The molecule has 0 saturated carbocycles. The van der Waals surface area contributed by atoms with Crippen molar-refractivity contribution in [1.29, 1.82) is 0 Å². The van der Waals surface area contributed by atoms with Gasteiger partial charge in [-0.15, -0.1) is 0 Å². The fourth-order valence-corrected chi connectivity index (χ4v) is 4.20. The summed E-state index contributed by atoms with van der Waals surface area (Å²) in [6, 6.07) is 16.3. The molecule has 0 aliphatic carbocycles. The van der Waals surface area contributed by atoms with Crippen molar-refractivity contribution in [3.8, 4) is 0 Å². The summed E-state index contributed by atoms with van der Waals surface area (Å²) in [6.07, 6.45) is 4.96. The maximum atomic E-state index is 12.9. The maximum absolute atomic E-state index is 12.9. The highest BCUT2D eigenvalue weighted by atomic mass is 35.5. The van der Waals surface area contributed by atoms with Gasteiger partial charge in [-0.1, -0.05) is 48.9 Å². The normalized spacial score (nSPS) is 17.4. The lowest BCUT2D eigenvalue weighted by atomic mass is 9.99. The number of para-hydroxylation sites is 1. The predicted molar refractivity (Wildman–Crippen MR) is 111 cm³/mol. The molecule has 1 amide bonds. The van der Waals surface area contributed by atoms with Gasteiger partial charge in [0.25, 0.3) is 0 Å². The molecule has 1 fully saturated rings. The largest absolute Gasteiger partial charge is 0.343 e. The number of carbonyl (C=O) groups is 1.